The zero-order chi connectivity index (χ0) is 32.4. The molecule has 2 aliphatic heterocycles. The quantitative estimate of drug-likeness (QED) is 0.0838. The molecule has 15 nitrogen and oxygen atoms in total. The highest BCUT2D eigenvalue weighted by atomic mass is 33.1. The first-order valence-corrected chi connectivity index (χ1v) is 18.1. The van der Waals surface area contributed by atoms with Crippen molar-refractivity contribution in [3.05, 3.63) is 11.9 Å². The Kier molecular flexibility index (Phi) is 17.0. The molecule has 0 aliphatic carbocycles. The molecule has 2 fully saturated rings. The van der Waals surface area contributed by atoms with Crippen LogP contribution in [0.25, 0.3) is 0 Å². The number of carboxylic acid groups (broad SMARTS) is 3. The third-order valence-corrected chi connectivity index (χ3v) is 10.9. The first-order valence-electron chi connectivity index (χ1n) is 15.7. The van der Waals surface area contributed by atoms with Gasteiger partial charge in [-0.05, 0) is 25.7 Å². The summed E-state index contributed by atoms with van der Waals surface area (Å²) in [4.78, 5) is 54.3. The number of aryl methyl sites for hydroxylation is 1. The summed E-state index contributed by atoms with van der Waals surface area (Å²) >= 11 is 0. The maximum Gasteiger partial charge on any atom is 0.317 e. The predicted molar refractivity (Wildman–Crippen MR) is 171 cm³/mol. The van der Waals surface area contributed by atoms with Crippen LogP contribution in [0, 0.1) is 0 Å². The van der Waals surface area contributed by atoms with E-state index in [1.54, 1.807) is 14.7 Å². The maximum atomic E-state index is 12.7. The minimum Gasteiger partial charge on any atom is -0.480 e. The number of hydrogen-bond acceptors (Lipinski definition) is 11. The highest BCUT2D eigenvalue weighted by Gasteiger charge is 2.21. The van der Waals surface area contributed by atoms with Crippen molar-refractivity contribution in [3.8, 4) is 0 Å². The Morgan fingerprint density at radius 1 is 0.844 bits per heavy atom. The summed E-state index contributed by atoms with van der Waals surface area (Å²) in [6, 6.07) is 0. The van der Waals surface area contributed by atoms with Crippen molar-refractivity contribution in [3.63, 3.8) is 0 Å². The van der Waals surface area contributed by atoms with E-state index in [1.807, 2.05) is 37.4 Å². The van der Waals surface area contributed by atoms with Gasteiger partial charge in [0.2, 0.25) is 11.6 Å². The molecule has 2 saturated heterocycles. The summed E-state index contributed by atoms with van der Waals surface area (Å²) in [7, 11) is 4.01. The fourth-order valence-corrected chi connectivity index (χ4v) is 8.38. The van der Waals surface area contributed by atoms with Crippen LogP contribution in [0.4, 0.5) is 0 Å². The lowest BCUT2D eigenvalue weighted by molar-refractivity contribution is -0.754. The van der Waals surface area contributed by atoms with E-state index in [1.165, 1.54) is 31.4 Å². The van der Waals surface area contributed by atoms with Gasteiger partial charge in [0.25, 0.3) is 0 Å². The molecule has 2 aliphatic rings. The van der Waals surface area contributed by atoms with Gasteiger partial charge in [-0.1, -0.05) is 33.2 Å². The summed E-state index contributed by atoms with van der Waals surface area (Å²) in [5.41, 5.74) is 0.750. The van der Waals surface area contributed by atoms with E-state index in [-0.39, 0.29) is 32.0 Å². The van der Waals surface area contributed by atoms with Crippen molar-refractivity contribution in [2.75, 3.05) is 84.3 Å². The largest absolute Gasteiger partial charge is 0.480 e. The van der Waals surface area contributed by atoms with E-state index in [2.05, 4.69) is 15.6 Å². The van der Waals surface area contributed by atoms with E-state index in [4.69, 9.17) is 0 Å². The van der Waals surface area contributed by atoms with Crippen LogP contribution in [-0.2, 0) is 32.3 Å². The van der Waals surface area contributed by atoms with Crippen molar-refractivity contribution >= 4 is 45.4 Å². The van der Waals surface area contributed by atoms with Crippen molar-refractivity contribution < 1.29 is 39.2 Å². The summed E-state index contributed by atoms with van der Waals surface area (Å²) in [6.45, 7) is 4.23. The van der Waals surface area contributed by atoms with Crippen LogP contribution in [0.2, 0.25) is 0 Å². The molecule has 0 bridgehead atoms. The molecule has 5 N–H and O–H groups in total. The molecular weight excluding hydrogens is 624 g/mol. The van der Waals surface area contributed by atoms with Crippen molar-refractivity contribution in [1.29, 1.82) is 0 Å². The second-order valence-corrected chi connectivity index (χ2v) is 14.4. The predicted octanol–water partition coefficient (Wildman–Crippen LogP) is -0.107. The van der Waals surface area contributed by atoms with Crippen LogP contribution >= 0.6 is 21.6 Å². The molecule has 0 saturated carbocycles. The normalized spacial score (nSPS) is 20.0. The van der Waals surface area contributed by atoms with E-state index < -0.39 is 17.9 Å². The number of carbonyl (C=O) groups is 4. The maximum absolute atomic E-state index is 12.7. The lowest BCUT2D eigenvalue weighted by atomic mass is 10.1. The summed E-state index contributed by atoms with van der Waals surface area (Å²) in [6.07, 6.45) is 8.26. The number of nitrogens with one attached hydrogen (secondary N) is 2. The lowest BCUT2D eigenvalue weighted by Gasteiger charge is -2.33. The first kappa shape index (κ1) is 37.0. The third kappa shape index (κ3) is 16.1. The number of nitrogens with zero attached hydrogens (tertiary/aromatic N) is 6. The van der Waals surface area contributed by atoms with Crippen LogP contribution in [0.5, 0.6) is 0 Å². The Balaban J connectivity index is 1.45. The van der Waals surface area contributed by atoms with Crippen molar-refractivity contribution in [1.82, 2.24) is 35.2 Å². The fraction of sp³-hybridized carbons (Fsp3) is 0.786. The third-order valence-electron chi connectivity index (χ3n) is 7.91. The first-order chi connectivity index (χ1) is 21.7. The van der Waals surface area contributed by atoms with Gasteiger partial charge in [-0.25, -0.2) is 0 Å². The zero-order valence-electron chi connectivity index (χ0n) is 26.0. The average Bonchev–Trinajstić information content (AvgIpc) is 3.67. The Hall–Kier alpha value is -2.44. The van der Waals surface area contributed by atoms with Crippen LogP contribution < -0.4 is 10.00 Å². The van der Waals surface area contributed by atoms with Gasteiger partial charge in [-0.3, -0.25) is 33.9 Å². The molecule has 1 unspecified atom stereocenters. The Morgan fingerprint density at radius 3 is 1.91 bits per heavy atom. The van der Waals surface area contributed by atoms with Gasteiger partial charge < -0.3 is 25.5 Å². The number of aromatic nitrogens is 3. The smallest absolute Gasteiger partial charge is 0.317 e. The second-order valence-electron chi connectivity index (χ2n) is 11.6. The fourth-order valence-electron chi connectivity index (χ4n) is 5.35. The number of rotatable bonds is 17. The van der Waals surface area contributed by atoms with E-state index >= 15 is 0 Å². The summed E-state index contributed by atoms with van der Waals surface area (Å²) in [5, 5.41) is 39.1. The molecule has 45 heavy (non-hydrogen) atoms. The number of hydrogen-bond donors (Lipinski definition) is 5. The Labute approximate surface area is 272 Å². The number of aliphatic carboxylic acids is 3. The molecule has 0 spiro atoms. The molecular formula is C28H49N8O7S2+. The molecule has 0 aromatic carbocycles. The van der Waals surface area contributed by atoms with Gasteiger partial charge in [0.1, 0.15) is 6.54 Å². The molecule has 1 aromatic heterocycles. The van der Waals surface area contributed by atoms with Crippen LogP contribution in [0.3, 0.4) is 0 Å². The highest BCUT2D eigenvalue weighted by molar-refractivity contribution is 8.77. The van der Waals surface area contributed by atoms with Gasteiger partial charge in [0.05, 0.1) is 26.2 Å². The summed E-state index contributed by atoms with van der Waals surface area (Å²) < 4.78 is 1.95. The molecule has 1 aromatic rings. The van der Waals surface area contributed by atoms with Crippen LogP contribution in [-0.4, -0.2) is 159 Å². The number of amides is 1. The standard InChI is InChI=1S/C28H48N8O7S2/c37-25(29-18-23-19-36(31-30-23)7-3-1-2-4-24-6-17-44-45-24)5-8-32-9-11-33(20-26(38)39)13-15-35(22-28(42)43)16-14-34(12-10-32)21-27(40)41/h19,24H,1-18,20-22H2,(H4,29,37,38,39,40,41,42,43)/p+1. The number of H-pyrrole nitrogens is 1. The zero-order valence-corrected chi connectivity index (χ0v) is 27.6. The van der Waals surface area contributed by atoms with Crippen LogP contribution in [0.15, 0.2) is 6.20 Å². The lowest BCUT2D eigenvalue weighted by Crippen LogP contribution is -2.48. The molecule has 3 rings (SSSR count). The minimum absolute atomic E-state index is 0.132. The Morgan fingerprint density at radius 2 is 1.40 bits per heavy atom. The van der Waals surface area contributed by atoms with E-state index in [0.29, 0.717) is 65.4 Å². The minimum atomic E-state index is -0.994. The number of unbranched alkanes of at least 4 members (excludes halogenated alkanes) is 2. The average molecular weight is 674 g/mol. The van der Waals surface area contributed by atoms with Gasteiger partial charge >= 0.3 is 17.9 Å². The monoisotopic (exact) mass is 673 g/mol. The van der Waals surface area contributed by atoms with Crippen molar-refractivity contribution in [2.45, 2.75) is 56.9 Å². The molecule has 1 atom stereocenters. The number of carbonyl (C=O) groups excluding carboxylic acids is 1. The van der Waals surface area contributed by atoms with Crippen LogP contribution in [0.1, 0.15) is 44.2 Å². The van der Waals surface area contributed by atoms with Crippen molar-refractivity contribution in [2.24, 2.45) is 0 Å². The van der Waals surface area contributed by atoms with Gasteiger partial charge in [0, 0.05) is 81.4 Å². The molecule has 254 valence electrons. The SMILES string of the molecule is O=C(O)CN1CCN(CCC(=O)NCc2c[n+](CCCCCC3CCSS3)[nH]n2)CCN(CC(=O)O)CCN(CC(=O)O)CC1. The Bertz CT molecular complexity index is 1040. The molecule has 0 radical (unpaired) electrons. The number of aromatic amines is 1. The highest BCUT2D eigenvalue weighted by Crippen LogP contribution is 2.39. The van der Waals surface area contributed by atoms with Gasteiger partial charge in [-0.15, -0.1) is 0 Å². The number of carboxylic acids is 3. The van der Waals surface area contributed by atoms with Gasteiger partial charge in [0.15, 0.2) is 6.20 Å². The van der Waals surface area contributed by atoms with E-state index in [0.717, 1.165) is 23.9 Å². The topological polar surface area (TPSA) is 187 Å². The second kappa shape index (κ2) is 20.6. The molecule has 1 amide bonds. The molecule has 17 heteroatoms. The summed E-state index contributed by atoms with van der Waals surface area (Å²) in [5.74, 6) is -1.79. The van der Waals surface area contributed by atoms with Gasteiger partial charge in [-0.2, -0.15) is 4.68 Å². The molecule has 3 heterocycles. The van der Waals surface area contributed by atoms with E-state index in [9.17, 15) is 34.5 Å².